The molecule has 3 aromatic rings. The number of benzene rings is 3. The lowest BCUT2D eigenvalue weighted by molar-refractivity contribution is -0.123. The van der Waals surface area contributed by atoms with Gasteiger partial charge in [0, 0.05) is 10.7 Å². The number of halogens is 1. The van der Waals surface area contributed by atoms with Crippen LogP contribution in [0.3, 0.4) is 0 Å². The highest BCUT2D eigenvalue weighted by atomic mass is 35.5. The Morgan fingerprint density at radius 1 is 1.11 bits per heavy atom. The topological polar surface area (TPSA) is 67.9 Å². The van der Waals surface area contributed by atoms with Crippen molar-refractivity contribution in [1.29, 1.82) is 0 Å². The SMILES string of the molecule is CCOc1cc(/C=C2\SC(=S)N([C@@H](C)c3ccccc3)C2=O)ccc1OCC(=O)Nc1cc(Cl)ccc1C. The largest absolute Gasteiger partial charge is 0.490 e. The molecule has 196 valence electrons. The minimum absolute atomic E-state index is 0.136. The van der Waals surface area contributed by atoms with Crippen LogP contribution in [0.4, 0.5) is 5.69 Å². The second-order valence-electron chi connectivity index (χ2n) is 8.57. The van der Waals surface area contributed by atoms with E-state index >= 15 is 0 Å². The highest BCUT2D eigenvalue weighted by molar-refractivity contribution is 8.26. The molecule has 1 N–H and O–H groups in total. The Hall–Kier alpha value is -3.33. The highest BCUT2D eigenvalue weighted by Crippen LogP contribution is 2.39. The van der Waals surface area contributed by atoms with Crippen molar-refractivity contribution in [3.63, 3.8) is 0 Å². The molecular weight excluding hydrogens is 540 g/mol. The molecule has 1 fully saturated rings. The van der Waals surface area contributed by atoms with E-state index in [0.29, 0.717) is 38.0 Å². The van der Waals surface area contributed by atoms with Crippen molar-refractivity contribution in [2.75, 3.05) is 18.5 Å². The Morgan fingerprint density at radius 3 is 2.61 bits per heavy atom. The molecule has 6 nitrogen and oxygen atoms in total. The number of anilines is 1. The van der Waals surface area contributed by atoms with Crippen molar-refractivity contribution in [2.24, 2.45) is 0 Å². The molecule has 9 heteroatoms. The molecule has 1 saturated heterocycles. The fourth-order valence-electron chi connectivity index (χ4n) is 3.91. The summed E-state index contributed by atoms with van der Waals surface area (Å²) in [5, 5.41) is 3.35. The van der Waals surface area contributed by atoms with Crippen molar-refractivity contribution < 1.29 is 19.1 Å². The number of carbonyl (C=O) groups is 2. The monoisotopic (exact) mass is 566 g/mol. The van der Waals surface area contributed by atoms with Gasteiger partial charge in [-0.25, -0.2) is 0 Å². The van der Waals surface area contributed by atoms with Crippen LogP contribution < -0.4 is 14.8 Å². The van der Waals surface area contributed by atoms with Gasteiger partial charge in [0.25, 0.3) is 11.8 Å². The van der Waals surface area contributed by atoms with Crippen molar-refractivity contribution in [3.05, 3.63) is 93.3 Å². The quantitative estimate of drug-likeness (QED) is 0.222. The molecule has 0 spiro atoms. The minimum atomic E-state index is -0.321. The Morgan fingerprint density at radius 2 is 1.87 bits per heavy atom. The van der Waals surface area contributed by atoms with Gasteiger partial charge in [0.1, 0.15) is 4.32 Å². The molecule has 3 aromatic carbocycles. The first-order valence-corrected chi connectivity index (χ1v) is 13.6. The smallest absolute Gasteiger partial charge is 0.266 e. The van der Waals surface area contributed by atoms with Crippen LogP contribution in [0.5, 0.6) is 11.5 Å². The first-order valence-electron chi connectivity index (χ1n) is 12.0. The summed E-state index contributed by atoms with van der Waals surface area (Å²) < 4.78 is 12.0. The predicted molar refractivity (Wildman–Crippen MR) is 158 cm³/mol. The summed E-state index contributed by atoms with van der Waals surface area (Å²) in [5.41, 5.74) is 3.29. The van der Waals surface area contributed by atoms with Crippen LogP contribution in [0.2, 0.25) is 5.02 Å². The number of thioether (sulfide) groups is 1. The van der Waals surface area contributed by atoms with E-state index in [-0.39, 0.29) is 24.5 Å². The lowest BCUT2D eigenvalue weighted by atomic mass is 10.1. The molecule has 0 unspecified atom stereocenters. The first-order chi connectivity index (χ1) is 18.3. The zero-order valence-corrected chi connectivity index (χ0v) is 23.6. The maximum absolute atomic E-state index is 13.2. The summed E-state index contributed by atoms with van der Waals surface area (Å²) in [5.74, 6) is 0.439. The fourth-order valence-corrected chi connectivity index (χ4v) is 5.50. The third kappa shape index (κ3) is 6.56. The van der Waals surface area contributed by atoms with E-state index in [0.717, 1.165) is 16.7 Å². The number of nitrogens with zero attached hydrogens (tertiary/aromatic N) is 1. The third-order valence-corrected chi connectivity index (χ3v) is 7.46. The maximum Gasteiger partial charge on any atom is 0.266 e. The van der Waals surface area contributed by atoms with Gasteiger partial charge in [-0.05, 0) is 67.8 Å². The number of aryl methyl sites for hydroxylation is 1. The lowest BCUT2D eigenvalue weighted by Crippen LogP contribution is -2.30. The highest BCUT2D eigenvalue weighted by Gasteiger charge is 2.35. The van der Waals surface area contributed by atoms with Crippen molar-refractivity contribution >= 4 is 63.5 Å². The molecule has 0 radical (unpaired) electrons. The maximum atomic E-state index is 13.2. The predicted octanol–water partition coefficient (Wildman–Crippen LogP) is 7.03. The normalized spacial score (nSPS) is 15.1. The molecule has 2 amide bonds. The summed E-state index contributed by atoms with van der Waals surface area (Å²) >= 11 is 12.8. The third-order valence-electron chi connectivity index (χ3n) is 5.89. The molecule has 1 aliphatic heterocycles. The van der Waals surface area contributed by atoms with E-state index in [4.69, 9.17) is 33.3 Å². The molecule has 38 heavy (non-hydrogen) atoms. The summed E-state index contributed by atoms with van der Waals surface area (Å²) in [6.07, 6.45) is 1.79. The number of carbonyl (C=O) groups excluding carboxylic acids is 2. The van der Waals surface area contributed by atoms with Gasteiger partial charge in [-0.3, -0.25) is 14.5 Å². The van der Waals surface area contributed by atoms with Gasteiger partial charge in [0.2, 0.25) is 0 Å². The summed E-state index contributed by atoms with van der Waals surface area (Å²) in [4.78, 5) is 27.9. The Labute approximate surface area is 237 Å². The van der Waals surface area contributed by atoms with Crippen LogP contribution in [-0.2, 0) is 9.59 Å². The van der Waals surface area contributed by atoms with Crippen molar-refractivity contribution in [1.82, 2.24) is 4.90 Å². The standard InChI is InChI=1S/C29H27ClN2O4S2/c1-4-35-25-14-20(11-13-24(25)36-17-27(33)31-23-16-22(30)12-10-18(23)2)15-26-28(34)32(29(37)38-26)19(3)21-8-6-5-7-9-21/h5-16,19H,4,17H2,1-3H3,(H,31,33)/b26-15-/t19-/m0/s1. The molecular formula is C29H27ClN2O4S2. The van der Waals surface area contributed by atoms with E-state index in [2.05, 4.69) is 5.32 Å². The van der Waals surface area contributed by atoms with Gasteiger partial charge < -0.3 is 14.8 Å². The molecule has 0 aromatic heterocycles. The molecule has 1 heterocycles. The zero-order valence-electron chi connectivity index (χ0n) is 21.2. The second-order valence-corrected chi connectivity index (χ2v) is 10.7. The number of nitrogens with one attached hydrogen (secondary N) is 1. The van der Waals surface area contributed by atoms with Crippen LogP contribution in [0, 0.1) is 6.92 Å². The van der Waals surface area contributed by atoms with Gasteiger partial charge in [-0.15, -0.1) is 0 Å². The number of hydrogen-bond acceptors (Lipinski definition) is 6. The van der Waals surface area contributed by atoms with Crippen LogP contribution in [0.15, 0.2) is 71.6 Å². The van der Waals surface area contributed by atoms with E-state index in [1.807, 2.05) is 63.2 Å². The van der Waals surface area contributed by atoms with Gasteiger partial charge in [0.15, 0.2) is 18.1 Å². The minimum Gasteiger partial charge on any atom is -0.490 e. The number of ether oxygens (including phenoxy) is 2. The number of amides is 2. The number of thiocarbonyl (C=S) groups is 1. The van der Waals surface area contributed by atoms with Gasteiger partial charge in [-0.2, -0.15) is 0 Å². The average Bonchev–Trinajstić information content (AvgIpc) is 3.18. The first kappa shape index (κ1) is 27.7. The molecule has 1 aliphatic rings. The Balaban J connectivity index is 1.47. The lowest BCUT2D eigenvalue weighted by Gasteiger charge is -2.23. The molecule has 0 bridgehead atoms. The van der Waals surface area contributed by atoms with Gasteiger partial charge >= 0.3 is 0 Å². The van der Waals surface area contributed by atoms with Crippen molar-refractivity contribution in [3.8, 4) is 11.5 Å². The second kappa shape index (κ2) is 12.5. The van der Waals surface area contributed by atoms with E-state index in [1.165, 1.54) is 11.8 Å². The van der Waals surface area contributed by atoms with E-state index < -0.39 is 0 Å². The van der Waals surface area contributed by atoms with Gasteiger partial charge in [0.05, 0.1) is 17.6 Å². The Bertz CT molecular complexity index is 1390. The van der Waals surface area contributed by atoms with Crippen LogP contribution in [-0.4, -0.2) is 34.2 Å². The van der Waals surface area contributed by atoms with Crippen LogP contribution >= 0.6 is 35.6 Å². The van der Waals surface area contributed by atoms with Crippen LogP contribution in [0.1, 0.15) is 36.6 Å². The average molecular weight is 567 g/mol. The van der Waals surface area contributed by atoms with Gasteiger partial charge in [-0.1, -0.05) is 78.0 Å². The summed E-state index contributed by atoms with van der Waals surface area (Å²) in [7, 11) is 0. The van der Waals surface area contributed by atoms with Crippen molar-refractivity contribution in [2.45, 2.75) is 26.8 Å². The van der Waals surface area contributed by atoms with E-state index in [1.54, 1.807) is 35.2 Å². The zero-order chi connectivity index (χ0) is 27.2. The van der Waals surface area contributed by atoms with E-state index in [9.17, 15) is 9.59 Å². The number of rotatable bonds is 9. The molecule has 1 atom stereocenters. The molecule has 0 saturated carbocycles. The number of hydrogen-bond donors (Lipinski definition) is 1. The van der Waals surface area contributed by atoms with Crippen LogP contribution in [0.25, 0.3) is 6.08 Å². The fraction of sp³-hybridized carbons (Fsp3) is 0.207. The Kier molecular flexibility index (Phi) is 9.09. The molecule has 4 rings (SSSR count). The summed E-state index contributed by atoms with van der Waals surface area (Å²) in [6.45, 7) is 5.91. The summed E-state index contributed by atoms with van der Waals surface area (Å²) in [6, 6.07) is 20.2. The molecule has 0 aliphatic carbocycles.